The van der Waals surface area contributed by atoms with E-state index in [0.717, 1.165) is 4.88 Å². The summed E-state index contributed by atoms with van der Waals surface area (Å²) in [7, 11) is 0. The first kappa shape index (κ1) is 13.3. The number of aromatic nitrogens is 4. The fourth-order valence-electron chi connectivity index (χ4n) is 1.78. The van der Waals surface area contributed by atoms with Gasteiger partial charge in [0.25, 0.3) is 5.56 Å². The van der Waals surface area contributed by atoms with Crippen LogP contribution in [0.2, 0.25) is 0 Å². The molecule has 0 radical (unpaired) electrons. The molecule has 0 bridgehead atoms. The molecule has 8 heteroatoms. The number of aromatic amines is 1. The molecule has 21 heavy (non-hydrogen) atoms. The zero-order valence-corrected chi connectivity index (χ0v) is 11.6. The SMILES string of the molecule is O=C(/C=C/c1cccs1)NCc1nnc2c(=O)[nH]ccn12. The molecule has 1 amide bonds. The lowest BCUT2D eigenvalue weighted by Gasteiger charge is -2.00. The Labute approximate surface area is 123 Å². The Balaban J connectivity index is 1.68. The van der Waals surface area contributed by atoms with Crippen molar-refractivity contribution in [2.75, 3.05) is 0 Å². The van der Waals surface area contributed by atoms with Crippen LogP contribution in [-0.4, -0.2) is 25.5 Å². The Hall–Kier alpha value is -2.74. The topological polar surface area (TPSA) is 92.2 Å². The van der Waals surface area contributed by atoms with Gasteiger partial charge in [-0.05, 0) is 17.5 Å². The van der Waals surface area contributed by atoms with E-state index in [-0.39, 0.29) is 23.7 Å². The van der Waals surface area contributed by atoms with E-state index in [1.807, 2.05) is 17.5 Å². The van der Waals surface area contributed by atoms with E-state index in [4.69, 9.17) is 0 Å². The molecule has 0 spiro atoms. The predicted octanol–water partition coefficient (Wildman–Crippen LogP) is 0.809. The molecule has 3 aromatic heterocycles. The lowest BCUT2D eigenvalue weighted by Crippen LogP contribution is -2.22. The third-order valence-corrected chi connectivity index (χ3v) is 3.61. The number of nitrogens with one attached hydrogen (secondary N) is 2. The van der Waals surface area contributed by atoms with Crippen molar-refractivity contribution in [2.45, 2.75) is 6.54 Å². The summed E-state index contributed by atoms with van der Waals surface area (Å²) < 4.78 is 1.54. The van der Waals surface area contributed by atoms with Crippen molar-refractivity contribution in [3.63, 3.8) is 0 Å². The van der Waals surface area contributed by atoms with Gasteiger partial charge in [0.2, 0.25) is 11.6 Å². The Morgan fingerprint density at radius 3 is 3.19 bits per heavy atom. The van der Waals surface area contributed by atoms with Gasteiger partial charge in [-0.3, -0.25) is 14.0 Å². The lowest BCUT2D eigenvalue weighted by atomic mass is 10.4. The largest absolute Gasteiger partial charge is 0.345 e. The van der Waals surface area contributed by atoms with Gasteiger partial charge in [-0.15, -0.1) is 21.5 Å². The van der Waals surface area contributed by atoms with E-state index in [1.165, 1.54) is 12.3 Å². The number of thiophene rings is 1. The summed E-state index contributed by atoms with van der Waals surface area (Å²) in [6, 6.07) is 3.84. The summed E-state index contributed by atoms with van der Waals surface area (Å²) in [4.78, 5) is 26.7. The van der Waals surface area contributed by atoms with E-state index in [2.05, 4.69) is 20.5 Å². The number of hydrogen-bond donors (Lipinski definition) is 2. The minimum atomic E-state index is -0.319. The maximum Gasteiger partial charge on any atom is 0.293 e. The van der Waals surface area contributed by atoms with Crippen LogP contribution in [0.4, 0.5) is 0 Å². The van der Waals surface area contributed by atoms with Gasteiger partial charge in [-0.1, -0.05) is 6.07 Å². The van der Waals surface area contributed by atoms with Crippen LogP contribution in [0.5, 0.6) is 0 Å². The summed E-state index contributed by atoms with van der Waals surface area (Å²) >= 11 is 1.55. The normalized spacial score (nSPS) is 11.2. The molecular weight excluding hydrogens is 290 g/mol. The second kappa shape index (κ2) is 5.71. The van der Waals surface area contributed by atoms with E-state index in [0.29, 0.717) is 5.82 Å². The number of carbonyl (C=O) groups excluding carboxylic acids is 1. The maximum absolute atomic E-state index is 11.7. The molecule has 0 unspecified atom stereocenters. The fraction of sp³-hybridized carbons (Fsp3) is 0.0769. The first-order valence-corrected chi connectivity index (χ1v) is 7.03. The molecule has 0 aliphatic heterocycles. The van der Waals surface area contributed by atoms with Crippen molar-refractivity contribution in [3.05, 3.63) is 57.0 Å². The molecule has 0 saturated heterocycles. The van der Waals surface area contributed by atoms with E-state index in [1.54, 1.807) is 28.0 Å². The highest BCUT2D eigenvalue weighted by Crippen LogP contribution is 2.09. The highest BCUT2D eigenvalue weighted by molar-refractivity contribution is 7.10. The number of hydrogen-bond acceptors (Lipinski definition) is 5. The summed E-state index contributed by atoms with van der Waals surface area (Å²) in [6.45, 7) is 0.193. The molecule has 0 fully saturated rings. The standard InChI is InChI=1S/C13H11N5O2S/c19-11(4-3-9-2-1-7-21-9)15-8-10-16-17-12-13(20)14-5-6-18(10)12/h1-7H,8H2,(H,14,20)(H,15,19)/b4-3+. The summed E-state index contributed by atoms with van der Waals surface area (Å²) in [6.07, 6.45) is 6.34. The molecule has 0 atom stereocenters. The zero-order valence-electron chi connectivity index (χ0n) is 10.8. The monoisotopic (exact) mass is 301 g/mol. The highest BCUT2D eigenvalue weighted by Gasteiger charge is 2.08. The van der Waals surface area contributed by atoms with Crippen molar-refractivity contribution in [3.8, 4) is 0 Å². The maximum atomic E-state index is 11.7. The third kappa shape index (κ3) is 2.90. The molecule has 0 aliphatic carbocycles. The Morgan fingerprint density at radius 1 is 1.48 bits per heavy atom. The van der Waals surface area contributed by atoms with Crippen molar-refractivity contribution in [2.24, 2.45) is 0 Å². The Bertz CT molecular complexity index is 847. The van der Waals surface area contributed by atoms with Crippen LogP contribution in [0, 0.1) is 0 Å². The fourth-order valence-corrected chi connectivity index (χ4v) is 2.39. The van der Waals surface area contributed by atoms with Crippen LogP contribution in [-0.2, 0) is 11.3 Å². The van der Waals surface area contributed by atoms with Gasteiger partial charge in [0.1, 0.15) is 0 Å². The summed E-state index contributed by atoms with van der Waals surface area (Å²) in [5.41, 5.74) is -0.115. The molecular formula is C13H11N5O2S. The van der Waals surface area contributed by atoms with Crippen LogP contribution in [0.1, 0.15) is 10.7 Å². The van der Waals surface area contributed by atoms with Crippen molar-refractivity contribution in [1.29, 1.82) is 0 Å². The number of carbonyl (C=O) groups is 1. The smallest absolute Gasteiger partial charge is 0.293 e. The van der Waals surface area contributed by atoms with E-state index < -0.39 is 0 Å². The van der Waals surface area contributed by atoms with E-state index >= 15 is 0 Å². The molecule has 7 nitrogen and oxygen atoms in total. The van der Waals surface area contributed by atoms with Gasteiger partial charge in [-0.2, -0.15) is 0 Å². The average Bonchev–Trinajstić information content (AvgIpc) is 3.13. The molecule has 0 saturated carbocycles. The van der Waals surface area contributed by atoms with Crippen molar-refractivity contribution in [1.82, 2.24) is 24.9 Å². The Morgan fingerprint density at radius 2 is 2.38 bits per heavy atom. The zero-order chi connectivity index (χ0) is 14.7. The third-order valence-electron chi connectivity index (χ3n) is 2.77. The second-order valence-electron chi connectivity index (χ2n) is 4.17. The minimum absolute atomic E-state index is 0.193. The highest BCUT2D eigenvalue weighted by atomic mass is 32.1. The molecule has 0 aromatic carbocycles. The molecule has 3 heterocycles. The number of amides is 1. The van der Waals surface area contributed by atoms with Crippen LogP contribution in [0.25, 0.3) is 11.7 Å². The van der Waals surface area contributed by atoms with Crippen LogP contribution in [0.3, 0.4) is 0 Å². The summed E-state index contributed by atoms with van der Waals surface area (Å²) in [5, 5.41) is 12.3. The van der Waals surface area contributed by atoms with Crippen LogP contribution in [0.15, 0.2) is 40.8 Å². The van der Waals surface area contributed by atoms with Gasteiger partial charge in [0.15, 0.2) is 5.82 Å². The molecule has 3 aromatic rings. The van der Waals surface area contributed by atoms with Gasteiger partial charge < -0.3 is 10.3 Å². The first-order chi connectivity index (χ1) is 10.2. The average molecular weight is 301 g/mol. The molecule has 106 valence electrons. The second-order valence-corrected chi connectivity index (χ2v) is 5.14. The molecule has 0 aliphatic rings. The Kier molecular flexibility index (Phi) is 3.61. The number of nitrogens with zero attached hydrogens (tertiary/aromatic N) is 3. The predicted molar refractivity (Wildman–Crippen MR) is 78.8 cm³/mol. The quantitative estimate of drug-likeness (QED) is 0.697. The van der Waals surface area contributed by atoms with Gasteiger partial charge in [-0.25, -0.2) is 0 Å². The van der Waals surface area contributed by atoms with Crippen molar-refractivity contribution >= 4 is 29.0 Å². The van der Waals surface area contributed by atoms with Crippen LogP contribution >= 0.6 is 11.3 Å². The van der Waals surface area contributed by atoms with Gasteiger partial charge in [0.05, 0.1) is 6.54 Å². The minimum Gasteiger partial charge on any atom is -0.345 e. The molecule has 2 N–H and O–H groups in total. The summed E-state index contributed by atoms with van der Waals surface area (Å²) in [5.74, 6) is 0.263. The van der Waals surface area contributed by atoms with Crippen LogP contribution < -0.4 is 10.9 Å². The first-order valence-electron chi connectivity index (χ1n) is 6.15. The molecule has 3 rings (SSSR count). The van der Waals surface area contributed by atoms with Crippen molar-refractivity contribution < 1.29 is 4.79 Å². The number of H-pyrrole nitrogens is 1. The lowest BCUT2D eigenvalue weighted by molar-refractivity contribution is -0.116. The van der Waals surface area contributed by atoms with Gasteiger partial charge in [0, 0.05) is 23.3 Å². The number of rotatable bonds is 4. The van der Waals surface area contributed by atoms with E-state index in [9.17, 15) is 9.59 Å². The van der Waals surface area contributed by atoms with Gasteiger partial charge >= 0.3 is 0 Å². The number of fused-ring (bicyclic) bond motifs is 1.